The molecule has 1 aliphatic heterocycles. The molecule has 0 spiro atoms. The molecule has 0 radical (unpaired) electrons. The average Bonchev–Trinajstić information content (AvgIpc) is 2.93. The zero-order chi connectivity index (χ0) is 26.0. The second kappa shape index (κ2) is 13.1. The van der Waals surface area contributed by atoms with Gasteiger partial charge in [0.05, 0.1) is 13.5 Å². The Morgan fingerprint density at radius 3 is 2.32 bits per heavy atom. The van der Waals surface area contributed by atoms with Gasteiger partial charge in [0.25, 0.3) is 5.91 Å². The highest BCUT2D eigenvalue weighted by Crippen LogP contribution is 2.26. The number of rotatable bonds is 4. The van der Waals surface area contributed by atoms with Crippen LogP contribution in [0.5, 0.6) is 5.75 Å². The normalized spacial score (nSPS) is 15.1. The Bertz CT molecular complexity index is 1210. The first kappa shape index (κ1) is 26.5. The van der Waals surface area contributed by atoms with E-state index in [9.17, 15) is 9.59 Å². The van der Waals surface area contributed by atoms with Crippen LogP contribution in [-0.4, -0.2) is 36.9 Å². The van der Waals surface area contributed by atoms with Gasteiger partial charge in [-0.3, -0.25) is 9.59 Å². The predicted octanol–water partition coefficient (Wildman–Crippen LogP) is 6.58. The molecule has 0 bridgehead atoms. The number of carbonyl (C=O) groups excluding carboxylic acids is 2. The molecule has 1 aliphatic rings. The maximum Gasteiger partial charge on any atom is 0.254 e. The summed E-state index contributed by atoms with van der Waals surface area (Å²) in [6, 6.07) is 23.6. The van der Waals surface area contributed by atoms with E-state index in [1.54, 1.807) is 7.11 Å². The van der Waals surface area contributed by atoms with Gasteiger partial charge in [0.1, 0.15) is 5.75 Å². The molecule has 3 aromatic carbocycles. The number of methoxy groups -OCH3 is 1. The molecule has 0 N–H and O–H groups in total. The molecule has 0 atom stereocenters. The summed E-state index contributed by atoms with van der Waals surface area (Å²) in [6.07, 6.45) is 6.75. The lowest BCUT2D eigenvalue weighted by molar-refractivity contribution is -0.118. The van der Waals surface area contributed by atoms with E-state index in [2.05, 4.69) is 6.07 Å². The summed E-state index contributed by atoms with van der Waals surface area (Å²) >= 11 is 0. The molecule has 3 aromatic rings. The highest BCUT2D eigenvalue weighted by atomic mass is 16.5. The lowest BCUT2D eigenvalue weighted by Gasteiger charge is -2.29. The number of aryl methyl sites for hydroxylation is 1. The van der Waals surface area contributed by atoms with Crippen LogP contribution in [0.4, 0.5) is 5.69 Å². The summed E-state index contributed by atoms with van der Waals surface area (Å²) in [5, 5.41) is 0. The number of carbonyl (C=O) groups is 2. The maximum absolute atomic E-state index is 13.7. The SMILES string of the molecule is COc1cccc(CC(=O)N2CCCCCCCCN(C(=O)c3cccc(C)c3)Cc3ccccc32)c1. The lowest BCUT2D eigenvalue weighted by Crippen LogP contribution is -2.36. The zero-order valence-electron chi connectivity index (χ0n) is 22.1. The number of ether oxygens (including phenoxy) is 1. The van der Waals surface area contributed by atoms with Crippen molar-refractivity contribution in [3.63, 3.8) is 0 Å². The van der Waals surface area contributed by atoms with Gasteiger partial charge in [-0.05, 0) is 61.2 Å². The number of fused-ring (bicyclic) bond motifs is 1. The molecule has 0 aliphatic carbocycles. The fourth-order valence-corrected chi connectivity index (χ4v) is 5.04. The molecule has 0 fully saturated rings. The van der Waals surface area contributed by atoms with Crippen molar-refractivity contribution >= 4 is 17.5 Å². The Morgan fingerprint density at radius 1 is 0.811 bits per heavy atom. The van der Waals surface area contributed by atoms with E-state index in [0.29, 0.717) is 31.6 Å². The minimum atomic E-state index is 0.0441. The van der Waals surface area contributed by atoms with Gasteiger partial charge in [0, 0.05) is 30.9 Å². The fraction of sp³-hybridized carbons (Fsp3) is 0.375. The monoisotopic (exact) mass is 498 g/mol. The van der Waals surface area contributed by atoms with Crippen molar-refractivity contribution < 1.29 is 14.3 Å². The zero-order valence-corrected chi connectivity index (χ0v) is 22.1. The van der Waals surface area contributed by atoms with E-state index in [0.717, 1.165) is 66.7 Å². The lowest BCUT2D eigenvalue weighted by atomic mass is 10.1. The second-order valence-electron chi connectivity index (χ2n) is 9.92. The van der Waals surface area contributed by atoms with Crippen LogP contribution in [0.1, 0.15) is 65.6 Å². The first-order chi connectivity index (χ1) is 18.0. The predicted molar refractivity (Wildman–Crippen MR) is 149 cm³/mol. The second-order valence-corrected chi connectivity index (χ2v) is 9.92. The Hall–Kier alpha value is -3.60. The third-order valence-corrected chi connectivity index (χ3v) is 7.05. The quantitative estimate of drug-likeness (QED) is 0.408. The van der Waals surface area contributed by atoms with Gasteiger partial charge in [-0.25, -0.2) is 0 Å². The molecule has 0 saturated heterocycles. The largest absolute Gasteiger partial charge is 0.497 e. The highest BCUT2D eigenvalue weighted by molar-refractivity contribution is 5.96. The van der Waals surface area contributed by atoms with Crippen molar-refractivity contribution in [3.8, 4) is 5.75 Å². The van der Waals surface area contributed by atoms with Crippen molar-refractivity contribution in [1.29, 1.82) is 0 Å². The molecule has 37 heavy (non-hydrogen) atoms. The Kier molecular flexibility index (Phi) is 9.36. The number of hydrogen-bond acceptors (Lipinski definition) is 3. The minimum Gasteiger partial charge on any atom is -0.497 e. The Balaban J connectivity index is 1.64. The van der Waals surface area contributed by atoms with Gasteiger partial charge in [-0.15, -0.1) is 0 Å². The Morgan fingerprint density at radius 2 is 1.54 bits per heavy atom. The van der Waals surface area contributed by atoms with Gasteiger partial charge in [-0.1, -0.05) is 73.7 Å². The van der Waals surface area contributed by atoms with Crippen molar-refractivity contribution in [1.82, 2.24) is 4.90 Å². The molecule has 5 heteroatoms. The smallest absolute Gasteiger partial charge is 0.254 e. The van der Waals surface area contributed by atoms with E-state index in [4.69, 9.17) is 4.74 Å². The Labute approximate surface area is 221 Å². The summed E-state index contributed by atoms with van der Waals surface area (Å²) in [5.74, 6) is 0.857. The van der Waals surface area contributed by atoms with E-state index < -0.39 is 0 Å². The molecule has 0 aromatic heterocycles. The summed E-state index contributed by atoms with van der Waals surface area (Å²) in [6.45, 7) is 3.87. The number of amides is 2. The number of anilines is 1. The van der Waals surface area contributed by atoms with Crippen LogP contribution in [0.15, 0.2) is 72.8 Å². The first-order valence-electron chi connectivity index (χ1n) is 13.4. The summed E-state index contributed by atoms with van der Waals surface area (Å²) < 4.78 is 5.36. The van der Waals surface area contributed by atoms with E-state index >= 15 is 0 Å². The van der Waals surface area contributed by atoms with Crippen molar-refractivity contribution in [2.45, 2.75) is 58.4 Å². The third kappa shape index (κ3) is 7.22. The molecule has 1 heterocycles. The summed E-state index contributed by atoms with van der Waals surface area (Å²) in [5.41, 5.74) is 4.62. The van der Waals surface area contributed by atoms with E-state index in [-0.39, 0.29) is 11.8 Å². The van der Waals surface area contributed by atoms with Crippen LogP contribution in [0.3, 0.4) is 0 Å². The van der Waals surface area contributed by atoms with Crippen LogP contribution in [-0.2, 0) is 17.8 Å². The standard InChI is InChI=1S/C32H38N2O3/c1-25-13-11-16-27(21-25)32(36)33-19-9-5-3-4-6-10-20-34(30-18-8-7-15-28(30)24-33)31(35)23-26-14-12-17-29(22-26)37-2/h7-8,11-18,21-22H,3-6,9-10,19-20,23-24H2,1-2H3. The van der Waals surface area contributed by atoms with Gasteiger partial charge in [-0.2, -0.15) is 0 Å². The first-order valence-corrected chi connectivity index (χ1v) is 13.4. The van der Waals surface area contributed by atoms with Gasteiger partial charge >= 0.3 is 0 Å². The molecule has 194 valence electrons. The average molecular weight is 499 g/mol. The van der Waals surface area contributed by atoms with Crippen LogP contribution in [0, 0.1) is 6.92 Å². The summed E-state index contributed by atoms with van der Waals surface area (Å²) in [7, 11) is 1.64. The maximum atomic E-state index is 13.7. The van der Waals surface area contributed by atoms with Crippen molar-refractivity contribution in [2.75, 3.05) is 25.1 Å². The van der Waals surface area contributed by atoms with E-state index in [1.807, 2.05) is 83.5 Å². The van der Waals surface area contributed by atoms with Gasteiger partial charge < -0.3 is 14.5 Å². The molecule has 4 rings (SSSR count). The number of benzene rings is 3. The fourth-order valence-electron chi connectivity index (χ4n) is 5.04. The topological polar surface area (TPSA) is 49.9 Å². The van der Waals surface area contributed by atoms with Crippen LogP contribution >= 0.6 is 0 Å². The van der Waals surface area contributed by atoms with E-state index in [1.165, 1.54) is 0 Å². The molecular weight excluding hydrogens is 460 g/mol. The summed E-state index contributed by atoms with van der Waals surface area (Å²) in [4.78, 5) is 31.2. The molecular formula is C32H38N2O3. The van der Waals surface area contributed by atoms with Crippen LogP contribution < -0.4 is 9.64 Å². The third-order valence-electron chi connectivity index (χ3n) is 7.05. The van der Waals surface area contributed by atoms with Gasteiger partial charge in [0.2, 0.25) is 5.91 Å². The van der Waals surface area contributed by atoms with Crippen LogP contribution in [0.25, 0.3) is 0 Å². The number of para-hydroxylation sites is 1. The molecule has 0 saturated carbocycles. The molecule has 5 nitrogen and oxygen atoms in total. The van der Waals surface area contributed by atoms with Crippen molar-refractivity contribution in [2.24, 2.45) is 0 Å². The molecule has 2 amide bonds. The number of hydrogen-bond donors (Lipinski definition) is 0. The minimum absolute atomic E-state index is 0.0441. The van der Waals surface area contributed by atoms with Crippen molar-refractivity contribution in [3.05, 3.63) is 95.1 Å². The van der Waals surface area contributed by atoms with Gasteiger partial charge in [0.15, 0.2) is 0 Å². The highest BCUT2D eigenvalue weighted by Gasteiger charge is 2.23. The number of nitrogens with zero attached hydrogens (tertiary/aromatic N) is 2. The molecule has 0 unspecified atom stereocenters. The van der Waals surface area contributed by atoms with Crippen LogP contribution in [0.2, 0.25) is 0 Å².